The molecule has 1 aromatic heterocycles. The second kappa shape index (κ2) is 5.95. The summed E-state index contributed by atoms with van der Waals surface area (Å²) in [5.74, 6) is 5.76. The normalized spacial score (nSPS) is 12.4. The van der Waals surface area contributed by atoms with Crippen LogP contribution in [0, 0.1) is 20.8 Å². The second-order valence-corrected chi connectivity index (χ2v) is 5.09. The number of rotatable bonds is 4. The second-order valence-electron chi connectivity index (χ2n) is 5.09. The number of nitrogens with one attached hydrogen (secondary N) is 1. The van der Waals surface area contributed by atoms with Crippen molar-refractivity contribution in [1.82, 2.24) is 10.4 Å². The zero-order chi connectivity index (χ0) is 13.8. The lowest BCUT2D eigenvalue weighted by Gasteiger charge is -2.21. The van der Waals surface area contributed by atoms with Crippen LogP contribution in [0.2, 0.25) is 0 Å². The Hall–Kier alpha value is -1.71. The van der Waals surface area contributed by atoms with Gasteiger partial charge in [-0.15, -0.1) is 0 Å². The van der Waals surface area contributed by atoms with Gasteiger partial charge in [-0.1, -0.05) is 17.7 Å². The smallest absolute Gasteiger partial charge is 0.0505 e. The molecule has 0 fully saturated rings. The van der Waals surface area contributed by atoms with Crippen LogP contribution in [0.25, 0.3) is 0 Å². The number of nitrogens with zero attached hydrogens (tertiary/aromatic N) is 1. The van der Waals surface area contributed by atoms with Crippen molar-refractivity contribution < 1.29 is 0 Å². The van der Waals surface area contributed by atoms with Crippen LogP contribution in [-0.2, 0) is 6.42 Å². The number of hydrazine groups is 1. The predicted molar refractivity (Wildman–Crippen MR) is 78.7 cm³/mol. The molecule has 0 aliphatic heterocycles. The maximum absolute atomic E-state index is 5.76. The highest BCUT2D eigenvalue weighted by molar-refractivity contribution is 5.40. The zero-order valence-electron chi connectivity index (χ0n) is 11.8. The van der Waals surface area contributed by atoms with Crippen LogP contribution >= 0.6 is 0 Å². The fraction of sp³-hybridized carbons (Fsp3) is 0.312. The van der Waals surface area contributed by atoms with Crippen molar-refractivity contribution in [2.75, 3.05) is 0 Å². The maximum Gasteiger partial charge on any atom is 0.0505 e. The maximum atomic E-state index is 5.76. The minimum absolute atomic E-state index is 0.128. The molecule has 3 nitrogen and oxygen atoms in total. The van der Waals surface area contributed by atoms with Gasteiger partial charge in [0.05, 0.1) is 6.04 Å². The Morgan fingerprint density at radius 1 is 1.11 bits per heavy atom. The Morgan fingerprint density at radius 2 is 1.68 bits per heavy atom. The number of hydrogen-bond donors (Lipinski definition) is 2. The van der Waals surface area contributed by atoms with E-state index in [2.05, 4.69) is 43.3 Å². The molecule has 3 heteroatoms. The van der Waals surface area contributed by atoms with E-state index in [0.29, 0.717) is 0 Å². The first-order valence-corrected chi connectivity index (χ1v) is 6.54. The minimum atomic E-state index is 0.128. The van der Waals surface area contributed by atoms with E-state index < -0.39 is 0 Å². The monoisotopic (exact) mass is 255 g/mol. The fourth-order valence-electron chi connectivity index (χ4n) is 2.74. The molecule has 0 bridgehead atoms. The lowest BCUT2D eigenvalue weighted by atomic mass is 9.91. The van der Waals surface area contributed by atoms with Gasteiger partial charge in [0.1, 0.15) is 0 Å². The van der Waals surface area contributed by atoms with Gasteiger partial charge in [0, 0.05) is 12.4 Å². The summed E-state index contributed by atoms with van der Waals surface area (Å²) in [6.07, 6.45) is 4.50. The molecule has 0 amide bonds. The van der Waals surface area contributed by atoms with Gasteiger partial charge in [0.15, 0.2) is 0 Å². The Balaban J connectivity index is 2.32. The van der Waals surface area contributed by atoms with Crippen LogP contribution < -0.4 is 11.3 Å². The molecule has 1 aromatic carbocycles. The molecule has 0 saturated carbocycles. The van der Waals surface area contributed by atoms with Gasteiger partial charge in [0.2, 0.25) is 0 Å². The third-order valence-corrected chi connectivity index (χ3v) is 3.48. The summed E-state index contributed by atoms with van der Waals surface area (Å²) in [6, 6.07) is 8.60. The van der Waals surface area contributed by atoms with E-state index in [-0.39, 0.29) is 6.04 Å². The Labute approximate surface area is 114 Å². The van der Waals surface area contributed by atoms with Gasteiger partial charge in [-0.25, -0.2) is 0 Å². The SMILES string of the molecule is Cc1cc(C)c(C(Cc2ccncc2)NN)c(C)c1. The topological polar surface area (TPSA) is 50.9 Å². The molecule has 1 atom stereocenters. The van der Waals surface area contributed by atoms with Gasteiger partial charge in [-0.05, 0) is 61.6 Å². The number of benzene rings is 1. The highest BCUT2D eigenvalue weighted by Gasteiger charge is 2.15. The summed E-state index contributed by atoms with van der Waals surface area (Å²) in [5.41, 5.74) is 9.34. The van der Waals surface area contributed by atoms with Crippen molar-refractivity contribution in [3.8, 4) is 0 Å². The standard InChI is InChI=1S/C16H21N3/c1-11-8-12(2)16(13(3)9-11)15(19-17)10-14-4-6-18-7-5-14/h4-9,15,19H,10,17H2,1-3H3. The van der Waals surface area contributed by atoms with Crippen molar-refractivity contribution in [1.29, 1.82) is 0 Å². The first kappa shape index (κ1) is 13.7. The quantitative estimate of drug-likeness (QED) is 0.652. The first-order chi connectivity index (χ1) is 9.11. The van der Waals surface area contributed by atoms with Crippen molar-refractivity contribution in [3.63, 3.8) is 0 Å². The van der Waals surface area contributed by atoms with Crippen molar-refractivity contribution in [3.05, 3.63) is 64.5 Å². The Bertz CT molecular complexity index is 526. The minimum Gasteiger partial charge on any atom is -0.271 e. The van der Waals surface area contributed by atoms with Crippen LogP contribution in [0.1, 0.15) is 33.9 Å². The molecule has 3 N–H and O–H groups in total. The molecular formula is C16H21N3. The van der Waals surface area contributed by atoms with Crippen LogP contribution in [0.4, 0.5) is 0 Å². The van der Waals surface area contributed by atoms with E-state index in [0.717, 1.165) is 6.42 Å². The zero-order valence-corrected chi connectivity index (χ0v) is 11.8. The molecule has 2 rings (SSSR count). The van der Waals surface area contributed by atoms with E-state index in [9.17, 15) is 0 Å². The van der Waals surface area contributed by atoms with Crippen molar-refractivity contribution >= 4 is 0 Å². The molecule has 0 radical (unpaired) electrons. The van der Waals surface area contributed by atoms with Gasteiger partial charge < -0.3 is 0 Å². The predicted octanol–water partition coefficient (Wildman–Crippen LogP) is 2.75. The highest BCUT2D eigenvalue weighted by atomic mass is 15.2. The molecular weight excluding hydrogens is 234 g/mol. The molecule has 1 unspecified atom stereocenters. The average Bonchev–Trinajstić information content (AvgIpc) is 2.37. The molecule has 0 saturated heterocycles. The number of nitrogens with two attached hydrogens (primary N) is 1. The van der Waals surface area contributed by atoms with Crippen molar-refractivity contribution in [2.24, 2.45) is 5.84 Å². The van der Waals surface area contributed by atoms with Gasteiger partial charge in [0.25, 0.3) is 0 Å². The van der Waals surface area contributed by atoms with Crippen LogP contribution in [0.15, 0.2) is 36.7 Å². The van der Waals surface area contributed by atoms with E-state index in [1.54, 1.807) is 0 Å². The van der Waals surface area contributed by atoms with Gasteiger partial charge in [-0.2, -0.15) is 0 Å². The molecule has 19 heavy (non-hydrogen) atoms. The van der Waals surface area contributed by atoms with Gasteiger partial charge in [-0.3, -0.25) is 16.3 Å². The van der Waals surface area contributed by atoms with E-state index >= 15 is 0 Å². The molecule has 0 spiro atoms. The Morgan fingerprint density at radius 3 is 2.21 bits per heavy atom. The summed E-state index contributed by atoms with van der Waals surface area (Å²) < 4.78 is 0. The average molecular weight is 255 g/mol. The third-order valence-electron chi connectivity index (χ3n) is 3.48. The number of pyridine rings is 1. The largest absolute Gasteiger partial charge is 0.271 e. The van der Waals surface area contributed by atoms with E-state index in [1.807, 2.05) is 24.5 Å². The van der Waals surface area contributed by atoms with Crippen LogP contribution in [-0.4, -0.2) is 4.98 Å². The molecule has 1 heterocycles. The summed E-state index contributed by atoms with van der Waals surface area (Å²) in [7, 11) is 0. The third kappa shape index (κ3) is 3.19. The lowest BCUT2D eigenvalue weighted by molar-refractivity contribution is 0.546. The summed E-state index contributed by atoms with van der Waals surface area (Å²) in [6.45, 7) is 6.41. The number of aryl methyl sites for hydroxylation is 3. The molecule has 0 aliphatic rings. The van der Waals surface area contributed by atoms with Gasteiger partial charge >= 0.3 is 0 Å². The van der Waals surface area contributed by atoms with Crippen molar-refractivity contribution in [2.45, 2.75) is 33.2 Å². The number of aromatic nitrogens is 1. The Kier molecular flexibility index (Phi) is 4.30. The summed E-state index contributed by atoms with van der Waals surface area (Å²) >= 11 is 0. The van der Waals surface area contributed by atoms with E-state index in [1.165, 1.54) is 27.8 Å². The molecule has 2 aromatic rings. The summed E-state index contributed by atoms with van der Waals surface area (Å²) in [4.78, 5) is 4.05. The molecule has 100 valence electrons. The van der Waals surface area contributed by atoms with E-state index in [4.69, 9.17) is 5.84 Å². The molecule has 0 aliphatic carbocycles. The van der Waals surface area contributed by atoms with Crippen LogP contribution in [0.5, 0.6) is 0 Å². The highest BCUT2D eigenvalue weighted by Crippen LogP contribution is 2.25. The lowest BCUT2D eigenvalue weighted by Crippen LogP contribution is -2.30. The first-order valence-electron chi connectivity index (χ1n) is 6.54. The summed E-state index contributed by atoms with van der Waals surface area (Å²) in [5, 5.41) is 0. The number of hydrogen-bond acceptors (Lipinski definition) is 3. The fourth-order valence-corrected chi connectivity index (χ4v) is 2.74. The van der Waals surface area contributed by atoms with Crippen LogP contribution in [0.3, 0.4) is 0 Å².